The molecule has 1 saturated carbocycles. The third kappa shape index (κ3) is 3.60. The lowest BCUT2D eigenvalue weighted by atomic mass is 9.82. The molecule has 0 radical (unpaired) electrons. The highest BCUT2D eigenvalue weighted by Gasteiger charge is 2.17. The summed E-state index contributed by atoms with van der Waals surface area (Å²) >= 11 is 0. The molecular weight excluding hydrogens is 196 g/mol. The molecule has 1 aliphatic carbocycles. The van der Waals surface area contributed by atoms with Gasteiger partial charge in [-0.2, -0.15) is 0 Å². The second-order valence-corrected chi connectivity index (χ2v) is 5.70. The summed E-state index contributed by atoms with van der Waals surface area (Å²) in [5.41, 5.74) is 0. The van der Waals surface area contributed by atoms with Gasteiger partial charge in [0, 0.05) is 19.0 Å². The maximum Gasteiger partial charge on any atom is 0.0542 e. The Bertz CT molecular complexity index is 197. The molecule has 0 aromatic rings. The molecular formula is C14H26N2. The first-order valence-electron chi connectivity index (χ1n) is 6.89. The molecule has 0 spiro atoms. The van der Waals surface area contributed by atoms with Crippen molar-refractivity contribution >= 4 is 0 Å². The SMILES string of the molecule is CC1CCC(C=CC2CNC(C)NC2)CC1. The fourth-order valence-corrected chi connectivity index (χ4v) is 2.73. The van der Waals surface area contributed by atoms with Gasteiger partial charge < -0.3 is 10.6 Å². The summed E-state index contributed by atoms with van der Waals surface area (Å²) < 4.78 is 0. The first-order chi connectivity index (χ1) is 7.74. The highest BCUT2D eigenvalue weighted by molar-refractivity contribution is 4.97. The highest BCUT2D eigenvalue weighted by Crippen LogP contribution is 2.29. The lowest BCUT2D eigenvalue weighted by Crippen LogP contribution is -2.50. The second-order valence-electron chi connectivity index (χ2n) is 5.70. The quantitative estimate of drug-likeness (QED) is 0.702. The van der Waals surface area contributed by atoms with Gasteiger partial charge in [0.2, 0.25) is 0 Å². The number of hydrogen-bond acceptors (Lipinski definition) is 2. The summed E-state index contributed by atoms with van der Waals surface area (Å²) in [4.78, 5) is 0. The van der Waals surface area contributed by atoms with Gasteiger partial charge in [-0.05, 0) is 31.6 Å². The predicted octanol–water partition coefficient (Wildman–Crippen LogP) is 2.52. The van der Waals surface area contributed by atoms with Crippen molar-refractivity contribution in [1.29, 1.82) is 0 Å². The van der Waals surface area contributed by atoms with Crippen LogP contribution in [0.3, 0.4) is 0 Å². The van der Waals surface area contributed by atoms with Crippen molar-refractivity contribution in [3.63, 3.8) is 0 Å². The van der Waals surface area contributed by atoms with E-state index < -0.39 is 0 Å². The van der Waals surface area contributed by atoms with Gasteiger partial charge in [-0.25, -0.2) is 0 Å². The zero-order chi connectivity index (χ0) is 11.4. The monoisotopic (exact) mass is 222 g/mol. The van der Waals surface area contributed by atoms with E-state index in [0.717, 1.165) is 24.9 Å². The van der Waals surface area contributed by atoms with Crippen molar-refractivity contribution in [3.05, 3.63) is 12.2 Å². The topological polar surface area (TPSA) is 24.1 Å². The van der Waals surface area contributed by atoms with Crippen LogP contribution in [0.15, 0.2) is 12.2 Å². The molecule has 0 amide bonds. The van der Waals surface area contributed by atoms with E-state index in [0.29, 0.717) is 12.1 Å². The fraction of sp³-hybridized carbons (Fsp3) is 0.857. The molecule has 0 aromatic heterocycles. The third-order valence-corrected chi connectivity index (χ3v) is 4.09. The zero-order valence-electron chi connectivity index (χ0n) is 10.7. The minimum atomic E-state index is 0.486. The van der Waals surface area contributed by atoms with Crippen molar-refractivity contribution in [2.75, 3.05) is 13.1 Å². The lowest BCUT2D eigenvalue weighted by molar-refractivity contribution is 0.324. The van der Waals surface area contributed by atoms with E-state index >= 15 is 0 Å². The molecule has 92 valence electrons. The number of nitrogens with one attached hydrogen (secondary N) is 2. The van der Waals surface area contributed by atoms with Crippen LogP contribution < -0.4 is 10.6 Å². The average molecular weight is 222 g/mol. The van der Waals surface area contributed by atoms with Crippen LogP contribution in [0.4, 0.5) is 0 Å². The number of rotatable bonds is 2. The Morgan fingerprint density at radius 1 is 0.812 bits per heavy atom. The molecule has 2 aliphatic rings. The molecule has 1 heterocycles. The first-order valence-corrected chi connectivity index (χ1v) is 6.89. The Kier molecular flexibility index (Phi) is 4.42. The third-order valence-electron chi connectivity index (χ3n) is 4.09. The maximum atomic E-state index is 3.46. The summed E-state index contributed by atoms with van der Waals surface area (Å²) in [5, 5.41) is 6.93. The molecule has 0 atom stereocenters. The smallest absolute Gasteiger partial charge is 0.0542 e. The Labute approximate surface area is 99.9 Å². The van der Waals surface area contributed by atoms with Crippen molar-refractivity contribution < 1.29 is 0 Å². The molecule has 16 heavy (non-hydrogen) atoms. The Hall–Kier alpha value is -0.340. The van der Waals surface area contributed by atoms with Gasteiger partial charge >= 0.3 is 0 Å². The van der Waals surface area contributed by atoms with Crippen molar-refractivity contribution in [1.82, 2.24) is 10.6 Å². The van der Waals surface area contributed by atoms with E-state index in [-0.39, 0.29) is 0 Å². The first kappa shape index (κ1) is 12.1. The van der Waals surface area contributed by atoms with Crippen molar-refractivity contribution in [3.8, 4) is 0 Å². The molecule has 0 bridgehead atoms. The van der Waals surface area contributed by atoms with Crippen LogP contribution in [-0.2, 0) is 0 Å². The molecule has 2 fully saturated rings. The lowest BCUT2D eigenvalue weighted by Gasteiger charge is -2.28. The molecule has 0 aromatic carbocycles. The second kappa shape index (κ2) is 5.83. The molecule has 1 aliphatic heterocycles. The Balaban J connectivity index is 1.72. The molecule has 2 rings (SSSR count). The number of hydrogen-bond donors (Lipinski definition) is 2. The van der Waals surface area contributed by atoms with Crippen LogP contribution in [0, 0.1) is 17.8 Å². The zero-order valence-corrected chi connectivity index (χ0v) is 10.7. The van der Waals surface area contributed by atoms with Gasteiger partial charge in [0.15, 0.2) is 0 Å². The maximum absolute atomic E-state index is 3.46. The van der Waals surface area contributed by atoms with Crippen LogP contribution in [-0.4, -0.2) is 19.3 Å². The van der Waals surface area contributed by atoms with E-state index in [9.17, 15) is 0 Å². The largest absolute Gasteiger partial charge is 0.301 e. The minimum Gasteiger partial charge on any atom is -0.301 e. The van der Waals surface area contributed by atoms with Crippen LogP contribution in [0.5, 0.6) is 0 Å². The fourth-order valence-electron chi connectivity index (χ4n) is 2.73. The van der Waals surface area contributed by atoms with E-state index in [2.05, 4.69) is 36.6 Å². The van der Waals surface area contributed by atoms with Crippen molar-refractivity contribution in [2.45, 2.75) is 45.7 Å². The van der Waals surface area contributed by atoms with Crippen LogP contribution >= 0.6 is 0 Å². The predicted molar refractivity (Wildman–Crippen MR) is 69.2 cm³/mol. The molecule has 2 N–H and O–H groups in total. The highest BCUT2D eigenvalue weighted by atomic mass is 15.1. The molecule has 2 heteroatoms. The van der Waals surface area contributed by atoms with Crippen LogP contribution in [0.25, 0.3) is 0 Å². The van der Waals surface area contributed by atoms with Crippen LogP contribution in [0.1, 0.15) is 39.5 Å². The summed E-state index contributed by atoms with van der Waals surface area (Å²) in [6, 6.07) is 0. The van der Waals surface area contributed by atoms with Gasteiger partial charge in [-0.3, -0.25) is 0 Å². The minimum absolute atomic E-state index is 0.486. The van der Waals surface area contributed by atoms with Gasteiger partial charge in [0.1, 0.15) is 0 Å². The van der Waals surface area contributed by atoms with Gasteiger partial charge in [0.25, 0.3) is 0 Å². The van der Waals surface area contributed by atoms with Gasteiger partial charge in [-0.1, -0.05) is 31.9 Å². The van der Waals surface area contributed by atoms with E-state index in [4.69, 9.17) is 0 Å². The summed E-state index contributed by atoms with van der Waals surface area (Å²) in [7, 11) is 0. The average Bonchev–Trinajstić information content (AvgIpc) is 2.30. The summed E-state index contributed by atoms with van der Waals surface area (Å²) in [6.45, 7) is 6.83. The van der Waals surface area contributed by atoms with Gasteiger partial charge in [-0.15, -0.1) is 0 Å². The van der Waals surface area contributed by atoms with Gasteiger partial charge in [0.05, 0.1) is 6.17 Å². The summed E-state index contributed by atoms with van der Waals surface area (Å²) in [5.74, 6) is 2.51. The van der Waals surface area contributed by atoms with E-state index in [1.54, 1.807) is 0 Å². The standard InChI is InChI=1S/C14H26N2/c1-11-3-5-13(6-4-11)7-8-14-9-15-12(2)16-10-14/h7-8,11-16H,3-6,9-10H2,1-2H3. The Morgan fingerprint density at radius 2 is 1.38 bits per heavy atom. The normalized spacial score (nSPS) is 41.4. The van der Waals surface area contributed by atoms with E-state index in [1.165, 1.54) is 25.7 Å². The number of allylic oxidation sites excluding steroid dienone is 1. The van der Waals surface area contributed by atoms with E-state index in [1.807, 2.05) is 0 Å². The molecule has 1 saturated heterocycles. The Morgan fingerprint density at radius 3 is 2.00 bits per heavy atom. The molecule has 2 nitrogen and oxygen atoms in total. The summed E-state index contributed by atoms with van der Waals surface area (Å²) in [6.07, 6.45) is 11.1. The van der Waals surface area contributed by atoms with Crippen molar-refractivity contribution in [2.24, 2.45) is 17.8 Å². The molecule has 0 unspecified atom stereocenters. The van der Waals surface area contributed by atoms with Crippen LogP contribution in [0.2, 0.25) is 0 Å².